The van der Waals surface area contributed by atoms with Crippen LogP contribution in [0.4, 0.5) is 0 Å². The van der Waals surface area contributed by atoms with Crippen molar-refractivity contribution < 1.29 is 19.4 Å². The number of methoxy groups -OCH3 is 1. The van der Waals surface area contributed by atoms with Gasteiger partial charge in [-0.15, -0.1) is 0 Å². The SMILES string of the molecule is COC(=O)C[C@@H](C(=O)O)n1cccc1. The van der Waals surface area contributed by atoms with E-state index in [1.54, 1.807) is 24.5 Å². The van der Waals surface area contributed by atoms with Gasteiger partial charge in [0.2, 0.25) is 0 Å². The van der Waals surface area contributed by atoms with E-state index in [-0.39, 0.29) is 6.42 Å². The molecule has 0 radical (unpaired) electrons. The second-order valence-electron chi connectivity index (χ2n) is 2.76. The minimum absolute atomic E-state index is 0.166. The van der Waals surface area contributed by atoms with E-state index >= 15 is 0 Å². The van der Waals surface area contributed by atoms with Crippen molar-refractivity contribution in [2.45, 2.75) is 12.5 Å². The number of aromatic nitrogens is 1. The lowest BCUT2D eigenvalue weighted by Crippen LogP contribution is -2.21. The summed E-state index contributed by atoms with van der Waals surface area (Å²) in [6.45, 7) is 0. The van der Waals surface area contributed by atoms with Crippen molar-refractivity contribution in [3.8, 4) is 0 Å². The van der Waals surface area contributed by atoms with Crippen molar-refractivity contribution in [2.75, 3.05) is 7.11 Å². The highest BCUT2D eigenvalue weighted by molar-refractivity contribution is 5.80. The van der Waals surface area contributed by atoms with Crippen LogP contribution in [0.1, 0.15) is 12.5 Å². The number of hydrogen-bond acceptors (Lipinski definition) is 3. The molecule has 0 unspecified atom stereocenters. The molecule has 0 bridgehead atoms. The van der Waals surface area contributed by atoms with Crippen molar-refractivity contribution in [2.24, 2.45) is 0 Å². The molecule has 1 heterocycles. The molecule has 1 aromatic heterocycles. The van der Waals surface area contributed by atoms with Crippen LogP contribution in [0.3, 0.4) is 0 Å². The molecule has 0 aromatic carbocycles. The molecular formula is C9H11NO4. The molecule has 1 rings (SSSR count). The Morgan fingerprint density at radius 3 is 2.43 bits per heavy atom. The third-order valence-electron chi connectivity index (χ3n) is 1.86. The molecule has 1 aromatic rings. The third kappa shape index (κ3) is 2.35. The van der Waals surface area contributed by atoms with Gasteiger partial charge in [0, 0.05) is 12.4 Å². The summed E-state index contributed by atoms with van der Waals surface area (Å²) in [6, 6.07) is 2.51. The summed E-state index contributed by atoms with van der Waals surface area (Å²) in [5, 5.41) is 8.86. The van der Waals surface area contributed by atoms with Crippen molar-refractivity contribution >= 4 is 11.9 Å². The van der Waals surface area contributed by atoms with Crippen LogP contribution < -0.4 is 0 Å². The largest absolute Gasteiger partial charge is 0.480 e. The molecule has 0 saturated heterocycles. The van der Waals surface area contributed by atoms with Gasteiger partial charge in [-0.05, 0) is 12.1 Å². The number of carbonyl (C=O) groups is 2. The summed E-state index contributed by atoms with van der Waals surface area (Å²) < 4.78 is 5.87. The van der Waals surface area contributed by atoms with Crippen molar-refractivity contribution in [3.63, 3.8) is 0 Å². The fourth-order valence-electron chi connectivity index (χ4n) is 1.12. The normalized spacial score (nSPS) is 12.1. The smallest absolute Gasteiger partial charge is 0.327 e. The molecule has 0 saturated carbocycles. The Hall–Kier alpha value is -1.78. The zero-order chi connectivity index (χ0) is 10.6. The van der Waals surface area contributed by atoms with Gasteiger partial charge in [0.05, 0.1) is 13.5 Å². The monoisotopic (exact) mass is 197 g/mol. The minimum atomic E-state index is -1.05. The zero-order valence-corrected chi connectivity index (χ0v) is 7.71. The topological polar surface area (TPSA) is 68.5 Å². The second-order valence-corrected chi connectivity index (χ2v) is 2.76. The van der Waals surface area contributed by atoms with E-state index in [4.69, 9.17) is 5.11 Å². The van der Waals surface area contributed by atoms with Gasteiger partial charge < -0.3 is 14.4 Å². The highest BCUT2D eigenvalue weighted by Crippen LogP contribution is 2.12. The van der Waals surface area contributed by atoms with Gasteiger partial charge in [0.1, 0.15) is 6.04 Å². The van der Waals surface area contributed by atoms with Crippen LogP contribution in [-0.4, -0.2) is 28.7 Å². The van der Waals surface area contributed by atoms with Crippen LogP contribution >= 0.6 is 0 Å². The Labute approximate surface area is 80.9 Å². The van der Waals surface area contributed by atoms with E-state index in [1.165, 1.54) is 11.7 Å². The first-order valence-electron chi connectivity index (χ1n) is 4.07. The highest BCUT2D eigenvalue weighted by atomic mass is 16.5. The summed E-state index contributed by atoms with van der Waals surface area (Å²) in [7, 11) is 1.23. The molecule has 1 atom stereocenters. The van der Waals surface area contributed by atoms with Crippen LogP contribution in [0.25, 0.3) is 0 Å². The summed E-state index contributed by atoms with van der Waals surface area (Å²) in [5.74, 6) is -1.59. The maximum Gasteiger partial charge on any atom is 0.327 e. The van der Waals surface area contributed by atoms with E-state index in [1.807, 2.05) is 0 Å². The number of esters is 1. The number of carboxylic acids is 1. The standard InChI is InChI=1S/C9H11NO4/c1-14-8(11)6-7(9(12)13)10-4-2-3-5-10/h2-5,7H,6H2,1H3,(H,12,13)/t7-/m0/s1. The Morgan fingerprint density at radius 1 is 1.43 bits per heavy atom. The lowest BCUT2D eigenvalue weighted by Gasteiger charge is -2.12. The quantitative estimate of drug-likeness (QED) is 0.720. The Bertz CT molecular complexity index is 318. The fourth-order valence-corrected chi connectivity index (χ4v) is 1.12. The van der Waals surface area contributed by atoms with Crippen molar-refractivity contribution in [1.82, 2.24) is 4.57 Å². The van der Waals surface area contributed by atoms with Gasteiger partial charge in [-0.25, -0.2) is 4.79 Å². The number of ether oxygens (including phenoxy) is 1. The summed E-state index contributed by atoms with van der Waals surface area (Å²) in [6.07, 6.45) is 3.03. The average molecular weight is 197 g/mol. The summed E-state index contributed by atoms with van der Waals surface area (Å²) in [4.78, 5) is 21.7. The molecule has 0 spiro atoms. The number of nitrogens with zero attached hydrogens (tertiary/aromatic N) is 1. The zero-order valence-electron chi connectivity index (χ0n) is 7.71. The van der Waals surface area contributed by atoms with E-state index in [0.717, 1.165) is 0 Å². The predicted octanol–water partition coefficient (Wildman–Crippen LogP) is 0.677. The van der Waals surface area contributed by atoms with Gasteiger partial charge in [0.15, 0.2) is 0 Å². The maximum absolute atomic E-state index is 10.9. The Kier molecular flexibility index (Phi) is 3.28. The third-order valence-corrected chi connectivity index (χ3v) is 1.86. The molecule has 5 heteroatoms. The Balaban J connectivity index is 2.76. The highest BCUT2D eigenvalue weighted by Gasteiger charge is 2.22. The van der Waals surface area contributed by atoms with Crippen LogP contribution in [-0.2, 0) is 14.3 Å². The lowest BCUT2D eigenvalue weighted by atomic mass is 10.2. The first kappa shape index (κ1) is 10.3. The first-order chi connectivity index (χ1) is 6.65. The molecule has 0 fully saturated rings. The van der Waals surface area contributed by atoms with E-state index in [9.17, 15) is 9.59 Å². The van der Waals surface area contributed by atoms with E-state index in [0.29, 0.717) is 0 Å². The van der Waals surface area contributed by atoms with Gasteiger partial charge in [-0.1, -0.05) is 0 Å². The molecule has 0 aliphatic heterocycles. The fraction of sp³-hybridized carbons (Fsp3) is 0.333. The van der Waals surface area contributed by atoms with Gasteiger partial charge in [-0.3, -0.25) is 4.79 Å². The number of hydrogen-bond donors (Lipinski definition) is 1. The van der Waals surface area contributed by atoms with Gasteiger partial charge in [-0.2, -0.15) is 0 Å². The second kappa shape index (κ2) is 4.45. The van der Waals surface area contributed by atoms with Crippen molar-refractivity contribution in [1.29, 1.82) is 0 Å². The summed E-state index contributed by atoms with van der Waals surface area (Å²) >= 11 is 0. The van der Waals surface area contributed by atoms with Gasteiger partial charge >= 0.3 is 11.9 Å². The molecule has 0 amide bonds. The van der Waals surface area contributed by atoms with Crippen LogP contribution in [0.5, 0.6) is 0 Å². The van der Waals surface area contributed by atoms with Crippen LogP contribution in [0.15, 0.2) is 24.5 Å². The summed E-state index contributed by atoms with van der Waals surface area (Å²) in [5.41, 5.74) is 0. The van der Waals surface area contributed by atoms with Crippen molar-refractivity contribution in [3.05, 3.63) is 24.5 Å². The average Bonchev–Trinajstić information content (AvgIpc) is 2.65. The van der Waals surface area contributed by atoms with Crippen LogP contribution in [0, 0.1) is 0 Å². The first-order valence-corrected chi connectivity index (χ1v) is 4.07. The molecule has 14 heavy (non-hydrogen) atoms. The molecule has 0 aliphatic carbocycles. The van der Waals surface area contributed by atoms with E-state index in [2.05, 4.69) is 4.74 Å². The van der Waals surface area contributed by atoms with Crippen LogP contribution in [0.2, 0.25) is 0 Å². The maximum atomic E-state index is 10.9. The molecule has 76 valence electrons. The van der Waals surface area contributed by atoms with Gasteiger partial charge in [0.25, 0.3) is 0 Å². The number of carbonyl (C=O) groups excluding carboxylic acids is 1. The minimum Gasteiger partial charge on any atom is -0.480 e. The molecule has 5 nitrogen and oxygen atoms in total. The molecular weight excluding hydrogens is 186 g/mol. The number of carboxylic acid groups (broad SMARTS) is 1. The predicted molar refractivity (Wildman–Crippen MR) is 47.7 cm³/mol. The molecule has 1 N–H and O–H groups in total. The number of rotatable bonds is 4. The Morgan fingerprint density at radius 2 is 2.00 bits per heavy atom. The lowest BCUT2D eigenvalue weighted by molar-refractivity contribution is -0.149. The molecule has 0 aliphatic rings. The van der Waals surface area contributed by atoms with E-state index < -0.39 is 18.0 Å². The number of aliphatic carboxylic acids is 1.